The Bertz CT molecular complexity index is 475. The number of methoxy groups -OCH3 is 1. The molecule has 0 spiro atoms. The summed E-state index contributed by atoms with van der Waals surface area (Å²) in [5, 5.41) is 3.28. The molecular weight excluding hydrogens is 260 g/mol. The van der Waals surface area contributed by atoms with E-state index in [4.69, 9.17) is 4.74 Å². The lowest BCUT2D eigenvalue weighted by Crippen LogP contribution is -2.44. The zero-order valence-corrected chi connectivity index (χ0v) is 12.0. The van der Waals surface area contributed by atoms with Crippen molar-refractivity contribution in [3.05, 3.63) is 17.6 Å². The lowest BCUT2D eigenvalue weighted by atomic mass is 10.3. The molecule has 0 aromatic carbocycles. The summed E-state index contributed by atoms with van der Waals surface area (Å²) in [6.07, 6.45) is 0.116. The van der Waals surface area contributed by atoms with E-state index in [0.29, 0.717) is 19.0 Å². The Balaban J connectivity index is 2.10. The van der Waals surface area contributed by atoms with E-state index in [1.807, 2.05) is 24.9 Å². The monoisotopic (exact) mass is 280 g/mol. The second-order valence-corrected chi connectivity index (χ2v) is 4.76. The normalized spacial score (nSPS) is 18.6. The number of hydrogen-bond acceptors (Lipinski definition) is 7. The quantitative estimate of drug-likeness (QED) is 0.778. The lowest BCUT2D eigenvalue weighted by molar-refractivity contribution is 0.0339. The maximum atomic E-state index is 11.5. The number of nitrogens with one attached hydrogen (secondary N) is 1. The smallest absolute Gasteiger partial charge is 0.376 e. The molecule has 2 rings (SSSR count). The van der Waals surface area contributed by atoms with Crippen molar-refractivity contribution in [3.8, 4) is 0 Å². The number of aromatic nitrogens is 2. The highest BCUT2D eigenvalue weighted by atomic mass is 16.5. The van der Waals surface area contributed by atoms with Crippen LogP contribution in [0.25, 0.3) is 0 Å². The van der Waals surface area contributed by atoms with Gasteiger partial charge in [-0.25, -0.2) is 14.8 Å². The Labute approximate surface area is 118 Å². The highest BCUT2D eigenvalue weighted by Crippen LogP contribution is 2.13. The topological polar surface area (TPSA) is 76.6 Å². The molecule has 1 saturated heterocycles. The molecule has 1 aliphatic rings. The van der Waals surface area contributed by atoms with Crippen LogP contribution in [-0.2, 0) is 9.47 Å². The molecule has 0 amide bonds. The molecular formula is C13H20N4O3. The lowest BCUT2D eigenvalue weighted by Gasteiger charge is -2.28. The Hall–Kier alpha value is -1.73. The second kappa shape index (κ2) is 6.62. The van der Waals surface area contributed by atoms with Crippen molar-refractivity contribution in [1.29, 1.82) is 0 Å². The molecule has 1 unspecified atom stereocenters. The Morgan fingerprint density at radius 1 is 1.60 bits per heavy atom. The molecule has 1 aromatic heterocycles. The average Bonchev–Trinajstić information content (AvgIpc) is 2.46. The summed E-state index contributed by atoms with van der Waals surface area (Å²) in [6.45, 7) is 4.94. The first-order chi connectivity index (χ1) is 9.60. The van der Waals surface area contributed by atoms with Gasteiger partial charge in [0.05, 0.1) is 19.8 Å². The molecule has 1 aliphatic heterocycles. The standard InChI is InChI=1S/C13H20N4O3/c1-9-6-11(16-12(15-9)13(18)19-3)17(2)8-10-7-14-4-5-20-10/h6,10,14H,4-5,7-8H2,1-3H3. The minimum atomic E-state index is -0.529. The predicted octanol–water partition coefficient (Wildman–Crippen LogP) is -0.00378. The van der Waals surface area contributed by atoms with Crippen LogP contribution < -0.4 is 10.2 Å². The van der Waals surface area contributed by atoms with Gasteiger partial charge >= 0.3 is 5.97 Å². The largest absolute Gasteiger partial charge is 0.463 e. The van der Waals surface area contributed by atoms with E-state index < -0.39 is 5.97 Å². The van der Waals surface area contributed by atoms with Crippen molar-refractivity contribution < 1.29 is 14.3 Å². The predicted molar refractivity (Wildman–Crippen MR) is 74.0 cm³/mol. The van der Waals surface area contributed by atoms with Gasteiger partial charge in [0.15, 0.2) is 0 Å². The maximum absolute atomic E-state index is 11.5. The van der Waals surface area contributed by atoms with E-state index in [0.717, 1.165) is 18.8 Å². The van der Waals surface area contributed by atoms with Crippen LogP contribution in [-0.4, -0.2) is 62.4 Å². The number of morpholine rings is 1. The van der Waals surface area contributed by atoms with Gasteiger partial charge in [0, 0.05) is 38.4 Å². The SMILES string of the molecule is COC(=O)c1nc(C)cc(N(C)CC2CNCCO2)n1. The van der Waals surface area contributed by atoms with E-state index in [-0.39, 0.29) is 11.9 Å². The molecule has 0 saturated carbocycles. The number of ether oxygens (including phenoxy) is 2. The van der Waals surface area contributed by atoms with Crippen LogP contribution in [0.3, 0.4) is 0 Å². The molecule has 1 atom stereocenters. The van der Waals surface area contributed by atoms with Gasteiger partial charge in [-0.2, -0.15) is 0 Å². The average molecular weight is 280 g/mol. The van der Waals surface area contributed by atoms with Crippen LogP contribution in [0, 0.1) is 6.92 Å². The minimum Gasteiger partial charge on any atom is -0.463 e. The van der Waals surface area contributed by atoms with Crippen LogP contribution in [0.15, 0.2) is 6.07 Å². The summed E-state index contributed by atoms with van der Waals surface area (Å²) in [6, 6.07) is 1.84. The zero-order valence-electron chi connectivity index (χ0n) is 12.0. The minimum absolute atomic E-state index is 0.0806. The van der Waals surface area contributed by atoms with Gasteiger partial charge in [-0.05, 0) is 6.92 Å². The van der Waals surface area contributed by atoms with Gasteiger partial charge in [-0.15, -0.1) is 0 Å². The third-order valence-electron chi connectivity index (χ3n) is 3.08. The number of aryl methyl sites for hydroxylation is 1. The number of nitrogens with zero attached hydrogens (tertiary/aromatic N) is 3. The number of esters is 1. The van der Waals surface area contributed by atoms with E-state index in [9.17, 15) is 4.79 Å². The van der Waals surface area contributed by atoms with E-state index >= 15 is 0 Å². The van der Waals surface area contributed by atoms with Crippen molar-refractivity contribution in [2.45, 2.75) is 13.0 Å². The Kier molecular flexibility index (Phi) is 4.86. The van der Waals surface area contributed by atoms with E-state index in [2.05, 4.69) is 20.0 Å². The van der Waals surface area contributed by atoms with Crippen molar-refractivity contribution in [2.75, 3.05) is 45.3 Å². The molecule has 7 nitrogen and oxygen atoms in total. The van der Waals surface area contributed by atoms with Gasteiger partial charge in [-0.1, -0.05) is 0 Å². The van der Waals surface area contributed by atoms with Crippen LogP contribution in [0.4, 0.5) is 5.82 Å². The first-order valence-electron chi connectivity index (χ1n) is 6.57. The Morgan fingerprint density at radius 3 is 3.05 bits per heavy atom. The first-order valence-corrected chi connectivity index (χ1v) is 6.57. The molecule has 7 heteroatoms. The molecule has 0 aliphatic carbocycles. The van der Waals surface area contributed by atoms with E-state index in [1.54, 1.807) is 0 Å². The fourth-order valence-electron chi connectivity index (χ4n) is 2.07. The summed E-state index contributed by atoms with van der Waals surface area (Å²) in [4.78, 5) is 21.8. The number of carbonyl (C=O) groups excluding carboxylic acids is 1. The summed E-state index contributed by atoms with van der Waals surface area (Å²) >= 11 is 0. The van der Waals surface area contributed by atoms with Crippen LogP contribution >= 0.6 is 0 Å². The molecule has 1 aromatic rings. The highest BCUT2D eigenvalue weighted by molar-refractivity contribution is 5.85. The van der Waals surface area contributed by atoms with Gasteiger partial charge < -0.3 is 19.7 Å². The first kappa shape index (κ1) is 14.7. The van der Waals surface area contributed by atoms with Gasteiger partial charge in [0.2, 0.25) is 5.82 Å². The summed E-state index contributed by atoms with van der Waals surface area (Å²) < 4.78 is 10.3. The Morgan fingerprint density at radius 2 is 2.40 bits per heavy atom. The molecule has 0 radical (unpaired) electrons. The number of hydrogen-bond donors (Lipinski definition) is 1. The number of likely N-dealkylation sites (N-methyl/N-ethyl adjacent to an activating group) is 1. The molecule has 1 N–H and O–H groups in total. The van der Waals surface area contributed by atoms with Crippen LogP contribution in [0.5, 0.6) is 0 Å². The van der Waals surface area contributed by atoms with Crippen LogP contribution in [0.1, 0.15) is 16.3 Å². The molecule has 0 bridgehead atoms. The third kappa shape index (κ3) is 3.64. The summed E-state index contributed by atoms with van der Waals surface area (Å²) in [7, 11) is 3.24. The van der Waals surface area contributed by atoms with Gasteiger partial charge in [0.25, 0.3) is 0 Å². The van der Waals surface area contributed by atoms with Crippen molar-refractivity contribution in [1.82, 2.24) is 15.3 Å². The molecule has 110 valence electrons. The van der Waals surface area contributed by atoms with Gasteiger partial charge in [0.1, 0.15) is 5.82 Å². The third-order valence-corrected chi connectivity index (χ3v) is 3.08. The number of anilines is 1. The van der Waals surface area contributed by atoms with Crippen molar-refractivity contribution in [3.63, 3.8) is 0 Å². The fraction of sp³-hybridized carbons (Fsp3) is 0.615. The second-order valence-electron chi connectivity index (χ2n) is 4.76. The van der Waals surface area contributed by atoms with Crippen molar-refractivity contribution in [2.24, 2.45) is 0 Å². The molecule has 1 fully saturated rings. The van der Waals surface area contributed by atoms with Crippen LogP contribution in [0.2, 0.25) is 0 Å². The number of rotatable bonds is 4. The summed E-state index contributed by atoms with van der Waals surface area (Å²) in [5.41, 5.74) is 0.727. The van der Waals surface area contributed by atoms with E-state index in [1.165, 1.54) is 7.11 Å². The highest BCUT2D eigenvalue weighted by Gasteiger charge is 2.18. The maximum Gasteiger partial charge on any atom is 0.376 e. The molecule has 2 heterocycles. The fourth-order valence-corrected chi connectivity index (χ4v) is 2.07. The number of carbonyl (C=O) groups is 1. The van der Waals surface area contributed by atoms with Crippen molar-refractivity contribution >= 4 is 11.8 Å². The van der Waals surface area contributed by atoms with Gasteiger partial charge in [-0.3, -0.25) is 0 Å². The summed E-state index contributed by atoms with van der Waals surface area (Å²) in [5.74, 6) is 0.239. The zero-order chi connectivity index (χ0) is 14.5. The molecule has 20 heavy (non-hydrogen) atoms.